The molecule has 0 aliphatic rings. The third-order valence-corrected chi connectivity index (χ3v) is 4.73. The summed E-state index contributed by atoms with van der Waals surface area (Å²) in [6.07, 6.45) is 0.909. The predicted molar refractivity (Wildman–Crippen MR) is 92.5 cm³/mol. The number of hydrogen-bond acceptors (Lipinski definition) is 3. The first-order chi connectivity index (χ1) is 10.6. The number of amides is 1. The van der Waals surface area contributed by atoms with Crippen molar-refractivity contribution in [3.8, 4) is 0 Å². The van der Waals surface area contributed by atoms with E-state index >= 15 is 0 Å². The van der Waals surface area contributed by atoms with Crippen molar-refractivity contribution < 1.29 is 4.79 Å². The van der Waals surface area contributed by atoms with E-state index < -0.39 is 0 Å². The highest BCUT2D eigenvalue weighted by Crippen LogP contribution is 2.26. The van der Waals surface area contributed by atoms with Gasteiger partial charge in [0.25, 0.3) is 5.56 Å². The number of fused-ring (bicyclic) bond motifs is 1. The van der Waals surface area contributed by atoms with Crippen LogP contribution in [0.25, 0.3) is 10.9 Å². The Morgan fingerprint density at radius 1 is 1.32 bits per heavy atom. The predicted octanol–water partition coefficient (Wildman–Crippen LogP) is 3.03. The first kappa shape index (κ1) is 16.6. The molecule has 5 heteroatoms. The molecule has 0 saturated heterocycles. The van der Waals surface area contributed by atoms with E-state index in [9.17, 15) is 9.59 Å². The topological polar surface area (TPSA) is 51.1 Å². The number of aromatic nitrogens is 1. The van der Waals surface area contributed by atoms with Gasteiger partial charge in [0, 0.05) is 28.9 Å². The Balaban J connectivity index is 2.25. The maximum atomic E-state index is 12.2. The van der Waals surface area contributed by atoms with Crippen LogP contribution in [0.2, 0.25) is 0 Å². The van der Waals surface area contributed by atoms with Crippen molar-refractivity contribution in [3.63, 3.8) is 0 Å². The molecule has 1 amide bonds. The van der Waals surface area contributed by atoms with Crippen LogP contribution in [0.5, 0.6) is 0 Å². The van der Waals surface area contributed by atoms with Crippen molar-refractivity contribution in [2.24, 2.45) is 0 Å². The number of para-hydroxylation sites is 1. The quantitative estimate of drug-likeness (QED) is 0.833. The van der Waals surface area contributed by atoms with Crippen LogP contribution >= 0.6 is 11.8 Å². The van der Waals surface area contributed by atoms with E-state index in [0.29, 0.717) is 12.3 Å². The summed E-state index contributed by atoms with van der Waals surface area (Å²) < 4.78 is 1.75. The fraction of sp³-hybridized carbons (Fsp3) is 0.412. The number of carbonyl (C=O) groups is 1. The Hall–Kier alpha value is -1.75. The molecule has 2 aromatic rings. The Kier molecular flexibility index (Phi) is 5.66. The Morgan fingerprint density at radius 3 is 2.73 bits per heavy atom. The Bertz CT molecular complexity index is 724. The van der Waals surface area contributed by atoms with Gasteiger partial charge in [0.1, 0.15) is 0 Å². The molecule has 1 atom stereocenters. The number of hydrogen-bond donors (Lipinski definition) is 1. The number of thioether (sulfide) groups is 1. The molecule has 0 spiro atoms. The number of nitrogens with one attached hydrogen (secondary N) is 1. The standard InChI is InChI=1S/C17H22N2O2S/c1-4-12(3)18-16(20)11-22-15-10-17(21)19(5-2)14-9-7-6-8-13(14)15/h6-10,12H,4-5,11H2,1-3H3,(H,18,20)/t12-/m1/s1. The molecule has 0 aliphatic carbocycles. The van der Waals surface area contributed by atoms with E-state index in [4.69, 9.17) is 0 Å². The van der Waals surface area contributed by atoms with Crippen LogP contribution in [0, 0.1) is 0 Å². The van der Waals surface area contributed by atoms with Crippen LogP contribution in [0.3, 0.4) is 0 Å². The molecule has 0 fully saturated rings. The van der Waals surface area contributed by atoms with Gasteiger partial charge in [-0.25, -0.2) is 0 Å². The lowest BCUT2D eigenvalue weighted by molar-refractivity contribution is -0.119. The summed E-state index contributed by atoms with van der Waals surface area (Å²) in [5, 5.41) is 3.96. The van der Waals surface area contributed by atoms with Gasteiger partial charge >= 0.3 is 0 Å². The molecule has 0 bridgehead atoms. The minimum atomic E-state index is -0.0222. The number of pyridine rings is 1. The van der Waals surface area contributed by atoms with Gasteiger partial charge in [0.2, 0.25) is 5.91 Å². The monoisotopic (exact) mass is 318 g/mol. The number of aryl methyl sites for hydroxylation is 1. The lowest BCUT2D eigenvalue weighted by Gasteiger charge is -2.13. The number of nitrogens with zero attached hydrogens (tertiary/aromatic N) is 1. The minimum Gasteiger partial charge on any atom is -0.353 e. The van der Waals surface area contributed by atoms with Crippen LogP contribution in [0.1, 0.15) is 27.2 Å². The van der Waals surface area contributed by atoms with Crippen molar-refractivity contribution in [1.82, 2.24) is 9.88 Å². The highest BCUT2D eigenvalue weighted by molar-refractivity contribution is 8.00. The zero-order valence-corrected chi connectivity index (χ0v) is 14.1. The number of benzene rings is 1. The maximum Gasteiger partial charge on any atom is 0.252 e. The summed E-state index contributed by atoms with van der Waals surface area (Å²) in [7, 11) is 0. The second-order valence-electron chi connectivity index (χ2n) is 5.27. The molecule has 118 valence electrons. The molecule has 4 nitrogen and oxygen atoms in total. The molecule has 2 rings (SSSR count). The highest BCUT2D eigenvalue weighted by atomic mass is 32.2. The van der Waals surface area contributed by atoms with E-state index in [1.807, 2.05) is 45.0 Å². The highest BCUT2D eigenvalue weighted by Gasteiger charge is 2.11. The second-order valence-corrected chi connectivity index (χ2v) is 6.29. The van der Waals surface area contributed by atoms with Gasteiger partial charge in [0.15, 0.2) is 0 Å². The van der Waals surface area contributed by atoms with E-state index in [1.54, 1.807) is 10.6 Å². The van der Waals surface area contributed by atoms with Crippen molar-refractivity contribution in [3.05, 3.63) is 40.7 Å². The summed E-state index contributed by atoms with van der Waals surface area (Å²) >= 11 is 1.42. The van der Waals surface area contributed by atoms with Crippen molar-refractivity contribution in [2.75, 3.05) is 5.75 Å². The summed E-state index contributed by atoms with van der Waals surface area (Å²) in [6, 6.07) is 9.64. The van der Waals surface area contributed by atoms with E-state index in [0.717, 1.165) is 22.2 Å². The molecule has 0 unspecified atom stereocenters. The summed E-state index contributed by atoms with van der Waals surface area (Å²) in [5.41, 5.74) is 0.897. The van der Waals surface area contributed by atoms with Gasteiger partial charge in [0.05, 0.1) is 11.3 Å². The second kappa shape index (κ2) is 7.49. The maximum absolute atomic E-state index is 12.2. The van der Waals surface area contributed by atoms with Gasteiger partial charge in [-0.1, -0.05) is 25.1 Å². The summed E-state index contributed by atoms with van der Waals surface area (Å²) in [5.74, 6) is 0.326. The molecular weight excluding hydrogens is 296 g/mol. The first-order valence-electron chi connectivity index (χ1n) is 7.61. The lowest BCUT2D eigenvalue weighted by Crippen LogP contribution is -2.33. The van der Waals surface area contributed by atoms with Gasteiger partial charge in [-0.2, -0.15) is 0 Å². The van der Waals surface area contributed by atoms with E-state index in [1.165, 1.54) is 11.8 Å². The SMILES string of the molecule is CC[C@@H](C)NC(=O)CSc1cc(=O)n(CC)c2ccccc12. The summed E-state index contributed by atoms with van der Waals surface area (Å²) in [4.78, 5) is 25.0. The van der Waals surface area contributed by atoms with Crippen molar-refractivity contribution in [2.45, 2.75) is 44.7 Å². The average Bonchev–Trinajstić information content (AvgIpc) is 2.52. The van der Waals surface area contributed by atoms with Gasteiger partial charge in [-0.05, 0) is 26.3 Å². The number of carbonyl (C=O) groups excluding carboxylic acids is 1. The summed E-state index contributed by atoms with van der Waals surface area (Å²) in [6.45, 7) is 6.62. The zero-order valence-electron chi connectivity index (χ0n) is 13.3. The number of rotatable bonds is 6. The molecule has 0 aliphatic heterocycles. The lowest BCUT2D eigenvalue weighted by atomic mass is 10.2. The third kappa shape index (κ3) is 3.71. The Labute approximate surface area is 134 Å². The molecule has 22 heavy (non-hydrogen) atoms. The van der Waals surface area contributed by atoms with Crippen molar-refractivity contribution >= 4 is 28.6 Å². The largest absolute Gasteiger partial charge is 0.353 e. The molecule has 1 aromatic carbocycles. The first-order valence-corrected chi connectivity index (χ1v) is 8.60. The minimum absolute atomic E-state index is 0.00287. The van der Waals surface area contributed by atoms with Crippen LogP contribution in [-0.4, -0.2) is 22.3 Å². The smallest absolute Gasteiger partial charge is 0.252 e. The molecule has 0 saturated carbocycles. The van der Waals surface area contributed by atoms with Crippen LogP contribution < -0.4 is 10.9 Å². The van der Waals surface area contributed by atoms with Gasteiger partial charge in [-0.15, -0.1) is 11.8 Å². The average molecular weight is 318 g/mol. The van der Waals surface area contributed by atoms with E-state index in [2.05, 4.69) is 5.32 Å². The third-order valence-electron chi connectivity index (χ3n) is 3.68. The van der Waals surface area contributed by atoms with Crippen LogP contribution in [0.4, 0.5) is 0 Å². The molecule has 0 radical (unpaired) electrons. The molecular formula is C17H22N2O2S. The van der Waals surface area contributed by atoms with Gasteiger partial charge in [-0.3, -0.25) is 9.59 Å². The normalized spacial score (nSPS) is 12.3. The molecule has 1 N–H and O–H groups in total. The molecule has 1 aromatic heterocycles. The van der Waals surface area contributed by atoms with Crippen LogP contribution in [0.15, 0.2) is 40.0 Å². The van der Waals surface area contributed by atoms with E-state index in [-0.39, 0.29) is 17.5 Å². The van der Waals surface area contributed by atoms with Gasteiger partial charge < -0.3 is 9.88 Å². The zero-order chi connectivity index (χ0) is 16.1. The molecule has 1 heterocycles. The van der Waals surface area contributed by atoms with Crippen LogP contribution in [-0.2, 0) is 11.3 Å². The fourth-order valence-corrected chi connectivity index (χ4v) is 3.19. The van der Waals surface area contributed by atoms with Crippen molar-refractivity contribution in [1.29, 1.82) is 0 Å². The Morgan fingerprint density at radius 2 is 2.05 bits per heavy atom. The fourth-order valence-electron chi connectivity index (χ4n) is 2.31.